The number of aliphatic imine (C=N–C) groups is 1. The summed E-state index contributed by atoms with van der Waals surface area (Å²) in [6.07, 6.45) is 4.63. The molecule has 0 amide bonds. The molecule has 0 unspecified atom stereocenters. The summed E-state index contributed by atoms with van der Waals surface area (Å²) in [4.78, 5) is 41.7. The van der Waals surface area contributed by atoms with Crippen LogP contribution in [0.1, 0.15) is 22.4 Å². The van der Waals surface area contributed by atoms with Gasteiger partial charge in [0.25, 0.3) is 0 Å². The summed E-state index contributed by atoms with van der Waals surface area (Å²) in [5.74, 6) is 0. The Morgan fingerprint density at radius 3 is 2.21 bits per heavy atom. The lowest BCUT2D eigenvalue weighted by Crippen LogP contribution is -2.25. The van der Waals surface area contributed by atoms with Crippen LogP contribution >= 0.6 is 0 Å². The van der Waals surface area contributed by atoms with Crippen LogP contribution in [0.25, 0.3) is 12.2 Å². The molecule has 0 atom stereocenters. The summed E-state index contributed by atoms with van der Waals surface area (Å²) in [5, 5.41) is 11.0. The van der Waals surface area contributed by atoms with Gasteiger partial charge in [-0.05, 0) is 36.3 Å². The Morgan fingerprint density at radius 1 is 0.929 bits per heavy atom. The Bertz CT molecular complexity index is 1170. The summed E-state index contributed by atoms with van der Waals surface area (Å²) >= 11 is 0. The number of hydrogen-bond acceptors (Lipinski definition) is 5. The lowest BCUT2D eigenvalue weighted by atomic mass is 10.1. The highest BCUT2D eigenvalue weighted by atomic mass is 16.6. The summed E-state index contributed by atoms with van der Waals surface area (Å²) in [7, 11) is 0. The van der Waals surface area contributed by atoms with Crippen molar-refractivity contribution >= 4 is 29.7 Å². The normalized spacial score (nSPS) is 11.3. The average Bonchev–Trinajstić information content (AvgIpc) is 2.66. The minimum absolute atomic E-state index is 0.163. The minimum atomic E-state index is -1.05. The van der Waals surface area contributed by atoms with E-state index in [0.717, 1.165) is 22.4 Å². The lowest BCUT2D eigenvalue weighted by Gasteiger charge is -1.98. The number of H-pyrrole nitrogens is 2. The number of nitro groups is 1. The van der Waals surface area contributed by atoms with Crippen molar-refractivity contribution in [2.45, 2.75) is 6.92 Å². The molecule has 8 nitrogen and oxygen atoms in total. The standard InChI is InChI=1S/C20H16N4O4/c1-13-2-9-16(10-3-13)21-12-15-6-4-14(5-7-15)8-11-17-18(24(27)28)19(25)23-20(26)22-17/h2-12H,1H3,(H2,22,23,25,26)/b11-8+,21-12?. The molecule has 0 radical (unpaired) electrons. The molecule has 0 spiro atoms. The van der Waals surface area contributed by atoms with Crippen LogP contribution < -0.4 is 11.2 Å². The fourth-order valence-electron chi connectivity index (χ4n) is 2.45. The molecule has 0 aliphatic carbocycles. The number of benzene rings is 2. The van der Waals surface area contributed by atoms with E-state index in [1.54, 1.807) is 24.4 Å². The van der Waals surface area contributed by atoms with Crippen LogP contribution in [0.5, 0.6) is 0 Å². The quantitative estimate of drug-likeness (QED) is 0.403. The molecule has 0 fully saturated rings. The zero-order valence-corrected chi connectivity index (χ0v) is 14.9. The molecule has 0 saturated carbocycles. The van der Waals surface area contributed by atoms with Crippen molar-refractivity contribution in [3.8, 4) is 0 Å². The van der Waals surface area contributed by atoms with Crippen molar-refractivity contribution in [1.82, 2.24) is 9.97 Å². The van der Waals surface area contributed by atoms with Gasteiger partial charge in [0.2, 0.25) is 0 Å². The van der Waals surface area contributed by atoms with Crippen LogP contribution in [0.3, 0.4) is 0 Å². The number of nitrogens with one attached hydrogen (secondary N) is 2. The number of nitrogens with zero attached hydrogens (tertiary/aromatic N) is 2. The van der Waals surface area contributed by atoms with Crippen LogP contribution in [0, 0.1) is 17.0 Å². The van der Waals surface area contributed by atoms with Crippen LogP contribution in [-0.4, -0.2) is 21.1 Å². The highest BCUT2D eigenvalue weighted by molar-refractivity contribution is 5.82. The second-order valence-corrected chi connectivity index (χ2v) is 6.02. The summed E-state index contributed by atoms with van der Waals surface area (Å²) in [6, 6.07) is 15.1. The van der Waals surface area contributed by atoms with E-state index in [1.165, 1.54) is 6.08 Å². The molecule has 1 heterocycles. The Morgan fingerprint density at radius 2 is 1.57 bits per heavy atom. The van der Waals surface area contributed by atoms with Crippen molar-refractivity contribution in [2.24, 2.45) is 4.99 Å². The monoisotopic (exact) mass is 376 g/mol. The highest BCUT2D eigenvalue weighted by Gasteiger charge is 2.18. The minimum Gasteiger partial charge on any atom is -0.301 e. The third-order valence-corrected chi connectivity index (χ3v) is 3.90. The van der Waals surface area contributed by atoms with Gasteiger partial charge in [-0.1, -0.05) is 48.0 Å². The van der Waals surface area contributed by atoms with Gasteiger partial charge in [0, 0.05) is 6.21 Å². The average molecular weight is 376 g/mol. The van der Waals surface area contributed by atoms with Crippen LogP contribution in [0.15, 0.2) is 63.1 Å². The molecule has 0 saturated heterocycles. The molecule has 3 rings (SSSR count). The van der Waals surface area contributed by atoms with Crippen LogP contribution in [0.4, 0.5) is 11.4 Å². The van der Waals surface area contributed by atoms with Gasteiger partial charge in [0.1, 0.15) is 5.69 Å². The lowest BCUT2D eigenvalue weighted by molar-refractivity contribution is -0.386. The van der Waals surface area contributed by atoms with Gasteiger partial charge >= 0.3 is 16.9 Å². The summed E-state index contributed by atoms with van der Waals surface area (Å²) in [6.45, 7) is 2.01. The second-order valence-electron chi connectivity index (χ2n) is 6.02. The number of hydrogen-bond donors (Lipinski definition) is 2. The summed E-state index contributed by atoms with van der Waals surface area (Å²) < 4.78 is 0. The first-order chi connectivity index (χ1) is 13.4. The van der Waals surface area contributed by atoms with Crippen molar-refractivity contribution in [3.05, 3.63) is 102 Å². The van der Waals surface area contributed by atoms with Gasteiger partial charge < -0.3 is 4.98 Å². The van der Waals surface area contributed by atoms with Crippen molar-refractivity contribution in [1.29, 1.82) is 0 Å². The van der Waals surface area contributed by atoms with E-state index in [9.17, 15) is 19.7 Å². The number of aromatic amines is 2. The van der Waals surface area contributed by atoms with E-state index in [0.29, 0.717) is 0 Å². The first-order valence-electron chi connectivity index (χ1n) is 8.32. The van der Waals surface area contributed by atoms with Gasteiger partial charge in [-0.2, -0.15) is 0 Å². The van der Waals surface area contributed by atoms with Crippen molar-refractivity contribution < 1.29 is 4.92 Å². The van der Waals surface area contributed by atoms with E-state index < -0.39 is 21.9 Å². The molecule has 2 aromatic carbocycles. The predicted octanol–water partition coefficient (Wildman–Crippen LogP) is 3.20. The highest BCUT2D eigenvalue weighted by Crippen LogP contribution is 2.15. The smallest absolute Gasteiger partial charge is 0.301 e. The van der Waals surface area contributed by atoms with Gasteiger partial charge in [-0.3, -0.25) is 24.9 Å². The van der Waals surface area contributed by atoms with Gasteiger partial charge in [-0.25, -0.2) is 4.79 Å². The molecule has 0 bridgehead atoms. The Kier molecular flexibility index (Phi) is 5.40. The molecule has 3 aromatic rings. The zero-order valence-electron chi connectivity index (χ0n) is 14.9. The molecule has 0 aliphatic heterocycles. The fourth-order valence-corrected chi connectivity index (χ4v) is 2.45. The topological polar surface area (TPSA) is 121 Å². The van der Waals surface area contributed by atoms with Crippen LogP contribution in [-0.2, 0) is 0 Å². The maximum absolute atomic E-state index is 11.6. The zero-order chi connectivity index (χ0) is 20.1. The number of rotatable bonds is 5. The predicted molar refractivity (Wildman–Crippen MR) is 108 cm³/mol. The Labute approximate surface area is 159 Å². The second kappa shape index (κ2) is 8.09. The number of aryl methyl sites for hydroxylation is 1. The van der Waals surface area contributed by atoms with E-state index >= 15 is 0 Å². The van der Waals surface area contributed by atoms with Gasteiger partial charge in [0.05, 0.1) is 10.6 Å². The molecular formula is C20H16N4O4. The fraction of sp³-hybridized carbons (Fsp3) is 0.0500. The molecular weight excluding hydrogens is 360 g/mol. The van der Waals surface area contributed by atoms with E-state index in [-0.39, 0.29) is 5.69 Å². The maximum atomic E-state index is 11.6. The van der Waals surface area contributed by atoms with Gasteiger partial charge in [-0.15, -0.1) is 0 Å². The maximum Gasteiger partial charge on any atom is 0.357 e. The van der Waals surface area contributed by atoms with Gasteiger partial charge in [0.15, 0.2) is 0 Å². The largest absolute Gasteiger partial charge is 0.357 e. The van der Waals surface area contributed by atoms with E-state index in [2.05, 4.69) is 9.98 Å². The van der Waals surface area contributed by atoms with Crippen LogP contribution in [0.2, 0.25) is 0 Å². The SMILES string of the molecule is Cc1ccc(N=Cc2ccc(/C=C/c3[nH]c(=O)[nH]c(=O)c3[N+](=O)[O-])cc2)cc1. The first kappa shape index (κ1) is 18.7. The molecule has 140 valence electrons. The van der Waals surface area contributed by atoms with Crippen molar-refractivity contribution in [2.75, 3.05) is 0 Å². The molecule has 0 aliphatic rings. The Hall–Kier alpha value is -4.07. The third kappa shape index (κ3) is 4.55. The summed E-state index contributed by atoms with van der Waals surface area (Å²) in [5.41, 5.74) is 0.906. The first-order valence-corrected chi connectivity index (χ1v) is 8.32. The molecule has 2 N–H and O–H groups in total. The van der Waals surface area contributed by atoms with Crippen molar-refractivity contribution in [3.63, 3.8) is 0 Å². The van der Waals surface area contributed by atoms with E-state index in [4.69, 9.17) is 0 Å². The third-order valence-electron chi connectivity index (χ3n) is 3.90. The molecule has 1 aromatic heterocycles. The molecule has 28 heavy (non-hydrogen) atoms. The molecule has 8 heteroatoms. The Balaban J connectivity index is 1.79. The number of aromatic nitrogens is 2. The van der Waals surface area contributed by atoms with E-state index in [1.807, 2.05) is 48.3 Å².